The molecule has 0 bridgehead atoms. The summed E-state index contributed by atoms with van der Waals surface area (Å²) >= 11 is 0. The number of rotatable bonds is 13. The molecule has 5 aliphatic heterocycles. The van der Waals surface area contributed by atoms with Gasteiger partial charge in [-0.25, -0.2) is 9.59 Å². The van der Waals surface area contributed by atoms with E-state index < -0.39 is 139 Å². The predicted molar refractivity (Wildman–Crippen MR) is 243 cm³/mol. The molecule has 5 heterocycles. The summed E-state index contributed by atoms with van der Waals surface area (Å²) in [6, 6.07) is -0.733. The number of ether oxygens (including phenoxy) is 11. The number of hydrogen-bond acceptors (Lipinski definition) is 21. The Hall–Kier alpha value is -2.55. The van der Waals surface area contributed by atoms with Crippen molar-refractivity contribution in [2.75, 3.05) is 54.6 Å². The molecular weight excluding hydrogens is 911 g/mol. The van der Waals surface area contributed by atoms with Crippen LogP contribution in [0.4, 0.5) is 9.59 Å². The molecule has 0 spiro atoms. The molecule has 5 aliphatic rings. The second kappa shape index (κ2) is 23.5. The first-order valence-electron chi connectivity index (χ1n) is 24.4. The fraction of sp³-hybridized carbons (Fsp3) is 0.936. The third-order valence-electron chi connectivity index (χ3n) is 15.0. The van der Waals surface area contributed by atoms with Crippen molar-refractivity contribution in [2.24, 2.45) is 17.8 Å². The van der Waals surface area contributed by atoms with E-state index in [1.807, 2.05) is 58.6 Å². The Morgan fingerprint density at radius 1 is 0.913 bits per heavy atom. The van der Waals surface area contributed by atoms with Crippen LogP contribution in [-0.2, 0) is 56.9 Å². The number of aliphatic hydroxyl groups is 5. The second-order valence-electron chi connectivity index (χ2n) is 21.0. The highest BCUT2D eigenvalue weighted by molar-refractivity contribution is 5.73. The van der Waals surface area contributed by atoms with Gasteiger partial charge in [0, 0.05) is 44.6 Å². The Morgan fingerprint density at radius 2 is 1.59 bits per heavy atom. The number of methoxy groups -OCH3 is 1. The molecule has 0 aromatic heterocycles. The minimum atomic E-state index is -1.64. The van der Waals surface area contributed by atoms with Gasteiger partial charge in [-0.15, -0.1) is 0 Å². The van der Waals surface area contributed by atoms with Crippen molar-refractivity contribution in [3.63, 3.8) is 0 Å². The predicted octanol–water partition coefficient (Wildman–Crippen LogP) is 1.27. The van der Waals surface area contributed by atoms with Gasteiger partial charge in [-0.1, -0.05) is 20.8 Å². The molecule has 0 aliphatic carbocycles. The fourth-order valence-corrected chi connectivity index (χ4v) is 11.0. The summed E-state index contributed by atoms with van der Waals surface area (Å²) in [5, 5.41) is 56.6. The molecule has 400 valence electrons. The van der Waals surface area contributed by atoms with Gasteiger partial charge in [0.2, 0.25) is 0 Å². The molecule has 5 saturated heterocycles. The van der Waals surface area contributed by atoms with E-state index >= 15 is 0 Å². The molecule has 22 heteroatoms. The van der Waals surface area contributed by atoms with Gasteiger partial charge in [-0.3, -0.25) is 9.69 Å². The summed E-state index contributed by atoms with van der Waals surface area (Å²) in [5.41, 5.74) is -4.23. The van der Waals surface area contributed by atoms with Gasteiger partial charge in [0.05, 0.1) is 49.1 Å². The van der Waals surface area contributed by atoms with Crippen molar-refractivity contribution >= 4 is 18.2 Å². The van der Waals surface area contributed by atoms with Crippen molar-refractivity contribution in [3.05, 3.63) is 0 Å². The van der Waals surface area contributed by atoms with Crippen LogP contribution >= 0.6 is 0 Å². The number of nitrogens with zero attached hydrogens (tertiary/aromatic N) is 2. The Labute approximate surface area is 406 Å². The summed E-state index contributed by atoms with van der Waals surface area (Å²) in [5.74, 6) is -2.82. The van der Waals surface area contributed by atoms with E-state index in [0.717, 1.165) is 0 Å². The Balaban J connectivity index is 1.44. The monoisotopic (exact) mass is 994 g/mol. The van der Waals surface area contributed by atoms with Crippen LogP contribution in [0.25, 0.3) is 0 Å². The molecular formula is C47H83N3O19. The number of likely N-dealkylation sites (N-methyl/N-ethyl adjacent to an activating group) is 2. The fourth-order valence-electron chi connectivity index (χ4n) is 11.0. The van der Waals surface area contributed by atoms with Crippen molar-refractivity contribution in [1.29, 1.82) is 0 Å². The van der Waals surface area contributed by atoms with E-state index in [9.17, 15) is 39.9 Å². The summed E-state index contributed by atoms with van der Waals surface area (Å²) in [6.45, 7) is 17.6. The van der Waals surface area contributed by atoms with Gasteiger partial charge in [-0.2, -0.15) is 0 Å². The van der Waals surface area contributed by atoms with E-state index in [-0.39, 0.29) is 50.5 Å². The number of carbonyl (C=O) groups is 3. The van der Waals surface area contributed by atoms with Crippen LogP contribution in [0, 0.1) is 17.8 Å². The Bertz CT molecular complexity index is 1700. The van der Waals surface area contributed by atoms with Gasteiger partial charge in [0.1, 0.15) is 36.1 Å². The Kier molecular flexibility index (Phi) is 19.6. The molecule has 0 unspecified atom stereocenters. The molecule has 22 atom stereocenters. The summed E-state index contributed by atoms with van der Waals surface area (Å²) in [4.78, 5) is 44.7. The number of esters is 1. The number of hydrogen-bond donors (Lipinski definition) is 6. The molecule has 22 nitrogen and oxygen atoms in total. The topological polar surface area (TPSA) is 272 Å². The van der Waals surface area contributed by atoms with Crippen molar-refractivity contribution in [3.8, 4) is 0 Å². The maximum absolute atomic E-state index is 14.7. The molecule has 0 aromatic carbocycles. The van der Waals surface area contributed by atoms with Crippen LogP contribution in [0.3, 0.4) is 0 Å². The number of cyclic esters (lactones) is 1. The first-order chi connectivity index (χ1) is 32.2. The van der Waals surface area contributed by atoms with Gasteiger partial charge in [0.25, 0.3) is 0 Å². The molecule has 69 heavy (non-hydrogen) atoms. The first-order valence-corrected chi connectivity index (χ1v) is 24.4. The van der Waals surface area contributed by atoms with Crippen molar-refractivity contribution in [1.82, 2.24) is 15.1 Å². The lowest BCUT2D eigenvalue weighted by Crippen LogP contribution is -2.61. The lowest BCUT2D eigenvalue weighted by molar-refractivity contribution is -0.317. The zero-order valence-corrected chi connectivity index (χ0v) is 43.0. The highest BCUT2D eigenvalue weighted by atomic mass is 16.8. The zero-order chi connectivity index (χ0) is 51.5. The summed E-state index contributed by atoms with van der Waals surface area (Å²) in [7, 11) is 7.08. The number of nitrogens with one attached hydrogen (secondary N) is 1. The van der Waals surface area contributed by atoms with Crippen LogP contribution in [0.5, 0.6) is 0 Å². The average molecular weight is 994 g/mol. The minimum absolute atomic E-state index is 0.00851. The molecule has 6 N–H and O–H groups in total. The number of alkyl carbamates (subject to hydrolysis) is 1. The van der Waals surface area contributed by atoms with Crippen LogP contribution in [-0.4, -0.2) is 223 Å². The van der Waals surface area contributed by atoms with E-state index in [1.165, 1.54) is 7.11 Å². The van der Waals surface area contributed by atoms with E-state index in [2.05, 4.69) is 5.32 Å². The van der Waals surface area contributed by atoms with Crippen LogP contribution in [0.1, 0.15) is 94.9 Å². The summed E-state index contributed by atoms with van der Waals surface area (Å²) < 4.78 is 67.1. The lowest BCUT2D eigenvalue weighted by atomic mass is 9.77. The van der Waals surface area contributed by atoms with Crippen molar-refractivity contribution < 1.29 is 92.0 Å². The highest BCUT2D eigenvalue weighted by Gasteiger charge is 2.59. The molecule has 5 fully saturated rings. The second-order valence-corrected chi connectivity index (χ2v) is 21.0. The average Bonchev–Trinajstić information content (AvgIpc) is 3.74. The quantitative estimate of drug-likeness (QED) is 0.0862. The van der Waals surface area contributed by atoms with Crippen LogP contribution < -0.4 is 5.32 Å². The Morgan fingerprint density at radius 3 is 2.20 bits per heavy atom. The highest BCUT2D eigenvalue weighted by Crippen LogP contribution is 2.42. The molecule has 1 amide bonds. The number of aliphatic hydroxyl groups excluding tert-OH is 4. The number of amides is 1. The summed E-state index contributed by atoms with van der Waals surface area (Å²) in [6.07, 6.45) is -15.2. The van der Waals surface area contributed by atoms with Crippen molar-refractivity contribution in [2.45, 2.75) is 210 Å². The SMILES string of the molecule is CC[C@H]1OC(=O)[C@H](C)[C@@H](O[C@H]2C[C@@](C)(OC)[C@@H](OC(=O)NCCO[C@@H]3O[C@H](CO)[C@@H](O)[C@H]3O)[C@H](C)O2)[C@H](C)[C@@H](O[C@@H]2O[C@H](C)C[C@H](N(C)C)[C@H]2O)[C@](C)(O)C[C@@H](C)CN(C)[C@H](C)[C@H]2OC(=O)O[C@@]21C. The van der Waals surface area contributed by atoms with Gasteiger partial charge < -0.3 is 87.9 Å². The zero-order valence-electron chi connectivity index (χ0n) is 43.0. The normalized spacial score (nSPS) is 46.2. The third-order valence-corrected chi connectivity index (χ3v) is 15.0. The van der Waals surface area contributed by atoms with Crippen LogP contribution in [0.2, 0.25) is 0 Å². The molecule has 5 rings (SSSR count). The maximum atomic E-state index is 14.7. The lowest BCUT2D eigenvalue weighted by Gasteiger charge is -2.49. The maximum Gasteiger partial charge on any atom is 0.509 e. The van der Waals surface area contributed by atoms with E-state index in [1.54, 1.807) is 41.5 Å². The van der Waals surface area contributed by atoms with Gasteiger partial charge in [0.15, 0.2) is 36.7 Å². The van der Waals surface area contributed by atoms with Gasteiger partial charge in [-0.05, 0) is 94.8 Å². The van der Waals surface area contributed by atoms with E-state index in [4.69, 9.17) is 52.1 Å². The largest absolute Gasteiger partial charge is 0.509 e. The van der Waals surface area contributed by atoms with E-state index in [0.29, 0.717) is 13.0 Å². The third kappa shape index (κ3) is 13.0. The number of fused-ring (bicyclic) bond motifs is 1. The first kappa shape index (κ1) is 57.4. The number of carbonyl (C=O) groups excluding carboxylic acids is 3. The molecule has 0 aromatic rings. The minimum Gasteiger partial charge on any atom is -0.458 e. The standard InChI is InChI=1S/C47H83N3O19/c1-15-31-47(10)38(68-44(57)69-47)27(6)50(13)21-23(2)19-45(8,58)37(66-42-33(52)29(49(11)12)18-24(3)61-42)25(4)36(26(5)40(55)64-31)65-32-20-46(9,59-14)39(28(7)62-32)67-43(56)48-16-17-60-41-35(54)34(53)30(22-51)63-41/h23-39,41-42,51-54,58H,15-22H2,1-14H3,(H,48,56)/t23-,24-,25+,26-,27-,28+,29+,30-,31-,32+,33-,34-,35-,36+,37-,38-,39+,41-,42+,45-,46-,47-/m1/s1. The molecule has 0 radical (unpaired) electrons. The molecule has 0 saturated carbocycles. The van der Waals surface area contributed by atoms with Gasteiger partial charge >= 0.3 is 18.2 Å². The smallest absolute Gasteiger partial charge is 0.458 e. The van der Waals surface area contributed by atoms with Crippen LogP contribution in [0.15, 0.2) is 0 Å².